The SMILES string of the molecule is CCc1cc(NC(C)C)cc(-c2cnc3n[nH]c(-c4nc5c(-c6ccc(F)cc6)cncc5[nH]4)c3c2)c1. The molecule has 4 heterocycles. The molecular formula is C29H26FN7. The molecule has 37 heavy (non-hydrogen) atoms. The predicted molar refractivity (Wildman–Crippen MR) is 146 cm³/mol. The molecule has 7 nitrogen and oxygen atoms in total. The Labute approximate surface area is 213 Å². The number of aromatic amines is 2. The van der Waals surface area contributed by atoms with Crippen LogP contribution in [0.25, 0.3) is 55.8 Å². The smallest absolute Gasteiger partial charge is 0.181 e. The lowest BCUT2D eigenvalue weighted by Crippen LogP contribution is -2.09. The molecule has 0 amide bonds. The highest BCUT2D eigenvalue weighted by Gasteiger charge is 2.17. The molecule has 2 aromatic carbocycles. The molecule has 0 saturated carbocycles. The molecule has 6 rings (SSSR count). The average molecular weight is 492 g/mol. The van der Waals surface area contributed by atoms with Crippen LogP contribution in [0.15, 0.2) is 67.1 Å². The molecule has 0 aliphatic rings. The predicted octanol–water partition coefficient (Wildman–Crippen LogP) is 6.75. The van der Waals surface area contributed by atoms with Gasteiger partial charge in [0.05, 0.1) is 22.6 Å². The Kier molecular flexibility index (Phi) is 5.64. The summed E-state index contributed by atoms with van der Waals surface area (Å²) in [5.74, 6) is 0.354. The first-order valence-corrected chi connectivity index (χ1v) is 12.3. The maximum absolute atomic E-state index is 13.5. The number of aromatic nitrogens is 6. The third-order valence-electron chi connectivity index (χ3n) is 6.39. The van der Waals surface area contributed by atoms with E-state index in [0.29, 0.717) is 17.5 Å². The second-order valence-corrected chi connectivity index (χ2v) is 9.44. The number of nitrogens with zero attached hydrogens (tertiary/aromatic N) is 4. The van der Waals surface area contributed by atoms with Gasteiger partial charge in [0, 0.05) is 35.2 Å². The van der Waals surface area contributed by atoms with Crippen molar-refractivity contribution in [3.05, 3.63) is 78.5 Å². The molecule has 6 aromatic rings. The summed E-state index contributed by atoms with van der Waals surface area (Å²) in [5.41, 5.74) is 9.01. The normalized spacial score (nSPS) is 11.6. The van der Waals surface area contributed by atoms with Crippen molar-refractivity contribution in [2.75, 3.05) is 5.32 Å². The van der Waals surface area contributed by atoms with E-state index in [-0.39, 0.29) is 5.82 Å². The zero-order valence-electron chi connectivity index (χ0n) is 20.8. The molecule has 0 aliphatic carbocycles. The topological polar surface area (TPSA) is 95.2 Å². The van der Waals surface area contributed by atoms with Crippen molar-refractivity contribution in [3.8, 4) is 33.8 Å². The Balaban J connectivity index is 1.45. The quantitative estimate of drug-likeness (QED) is 0.239. The van der Waals surface area contributed by atoms with E-state index in [1.165, 1.54) is 17.7 Å². The Bertz CT molecular complexity index is 1730. The van der Waals surface area contributed by atoms with Crippen molar-refractivity contribution >= 4 is 27.8 Å². The number of benzene rings is 2. The second-order valence-electron chi connectivity index (χ2n) is 9.44. The van der Waals surface area contributed by atoms with Gasteiger partial charge in [-0.2, -0.15) is 5.10 Å². The summed E-state index contributed by atoms with van der Waals surface area (Å²) in [6.07, 6.45) is 6.28. The largest absolute Gasteiger partial charge is 0.383 e. The zero-order valence-corrected chi connectivity index (χ0v) is 20.8. The number of nitrogens with one attached hydrogen (secondary N) is 3. The maximum atomic E-state index is 13.5. The van der Waals surface area contributed by atoms with Crippen molar-refractivity contribution in [3.63, 3.8) is 0 Å². The van der Waals surface area contributed by atoms with Gasteiger partial charge in [-0.1, -0.05) is 25.1 Å². The molecule has 3 N–H and O–H groups in total. The Morgan fingerprint density at radius 3 is 2.57 bits per heavy atom. The van der Waals surface area contributed by atoms with E-state index in [1.807, 2.05) is 6.20 Å². The van der Waals surface area contributed by atoms with E-state index in [0.717, 1.165) is 56.5 Å². The summed E-state index contributed by atoms with van der Waals surface area (Å²) in [7, 11) is 0. The van der Waals surface area contributed by atoms with Crippen LogP contribution in [-0.4, -0.2) is 36.2 Å². The Morgan fingerprint density at radius 1 is 0.946 bits per heavy atom. The van der Waals surface area contributed by atoms with E-state index in [9.17, 15) is 4.39 Å². The van der Waals surface area contributed by atoms with Crippen LogP contribution in [0, 0.1) is 5.82 Å². The first-order chi connectivity index (χ1) is 18.0. The number of imidazole rings is 1. The van der Waals surface area contributed by atoms with E-state index in [4.69, 9.17) is 4.98 Å². The molecule has 0 bridgehead atoms. The number of halogens is 1. The monoisotopic (exact) mass is 491 g/mol. The lowest BCUT2D eigenvalue weighted by molar-refractivity contribution is 0.628. The molecule has 184 valence electrons. The molecule has 0 atom stereocenters. The standard InChI is InChI=1S/C29H26FN7/c1-4-17-9-19(11-22(10-17)33-16(2)3)20-12-23-27(36-37-28(23)32-13-20)29-34-25-15-31-14-24(26(25)35-29)18-5-7-21(30)8-6-18/h5-16,33H,4H2,1-3H3,(H,34,35)(H,32,36,37). The number of H-pyrrole nitrogens is 2. The third-order valence-corrected chi connectivity index (χ3v) is 6.39. The number of pyridine rings is 2. The summed E-state index contributed by atoms with van der Waals surface area (Å²) in [6, 6.07) is 15.3. The second kappa shape index (κ2) is 9.13. The molecule has 0 spiro atoms. The fraction of sp³-hybridized carbons (Fsp3) is 0.172. The van der Waals surface area contributed by atoms with Gasteiger partial charge in [-0.05, 0) is 67.3 Å². The van der Waals surface area contributed by atoms with Crippen molar-refractivity contribution in [1.29, 1.82) is 0 Å². The highest BCUT2D eigenvalue weighted by molar-refractivity contribution is 5.96. The first-order valence-electron chi connectivity index (χ1n) is 12.3. The van der Waals surface area contributed by atoms with Crippen LogP contribution in [-0.2, 0) is 6.42 Å². The number of anilines is 1. The summed E-state index contributed by atoms with van der Waals surface area (Å²) < 4.78 is 13.5. The Hall–Kier alpha value is -4.59. The van der Waals surface area contributed by atoms with Crippen LogP contribution in [0.4, 0.5) is 10.1 Å². The van der Waals surface area contributed by atoms with Gasteiger partial charge in [0.2, 0.25) is 0 Å². The van der Waals surface area contributed by atoms with E-state index in [1.54, 1.807) is 24.5 Å². The molecule has 0 unspecified atom stereocenters. The molecule has 4 aromatic heterocycles. The molecule has 0 radical (unpaired) electrons. The highest BCUT2D eigenvalue weighted by Crippen LogP contribution is 2.33. The highest BCUT2D eigenvalue weighted by atomic mass is 19.1. The fourth-order valence-electron chi connectivity index (χ4n) is 4.61. The fourth-order valence-corrected chi connectivity index (χ4v) is 4.61. The number of rotatable bonds is 6. The Morgan fingerprint density at radius 2 is 1.78 bits per heavy atom. The lowest BCUT2D eigenvalue weighted by atomic mass is 10.0. The van der Waals surface area contributed by atoms with Crippen LogP contribution in [0.1, 0.15) is 26.3 Å². The summed E-state index contributed by atoms with van der Waals surface area (Å²) in [6.45, 7) is 6.42. The maximum Gasteiger partial charge on any atom is 0.181 e. The number of aryl methyl sites for hydroxylation is 1. The van der Waals surface area contributed by atoms with Crippen LogP contribution in [0.3, 0.4) is 0 Å². The molecular weight excluding hydrogens is 465 g/mol. The van der Waals surface area contributed by atoms with Crippen molar-refractivity contribution in [2.45, 2.75) is 33.2 Å². The number of fused-ring (bicyclic) bond motifs is 2. The van der Waals surface area contributed by atoms with Gasteiger partial charge in [0.1, 0.15) is 11.5 Å². The van der Waals surface area contributed by atoms with Gasteiger partial charge in [0.25, 0.3) is 0 Å². The molecule has 8 heteroatoms. The van der Waals surface area contributed by atoms with Crippen LogP contribution < -0.4 is 5.32 Å². The van der Waals surface area contributed by atoms with Crippen LogP contribution >= 0.6 is 0 Å². The minimum Gasteiger partial charge on any atom is -0.383 e. The first kappa shape index (κ1) is 22.8. The summed E-state index contributed by atoms with van der Waals surface area (Å²) in [5, 5.41) is 11.9. The number of hydrogen-bond acceptors (Lipinski definition) is 5. The van der Waals surface area contributed by atoms with Gasteiger partial charge < -0.3 is 10.3 Å². The van der Waals surface area contributed by atoms with Gasteiger partial charge in [0.15, 0.2) is 11.5 Å². The van der Waals surface area contributed by atoms with E-state index < -0.39 is 0 Å². The molecule has 0 saturated heterocycles. The van der Waals surface area contributed by atoms with Crippen LogP contribution in [0.2, 0.25) is 0 Å². The minimum absolute atomic E-state index is 0.282. The zero-order chi connectivity index (χ0) is 25.5. The average Bonchev–Trinajstić information content (AvgIpc) is 3.52. The van der Waals surface area contributed by atoms with E-state index >= 15 is 0 Å². The van der Waals surface area contributed by atoms with Crippen molar-refractivity contribution < 1.29 is 4.39 Å². The van der Waals surface area contributed by atoms with Crippen molar-refractivity contribution in [2.24, 2.45) is 0 Å². The van der Waals surface area contributed by atoms with Crippen LogP contribution in [0.5, 0.6) is 0 Å². The molecule has 0 aliphatic heterocycles. The third kappa shape index (κ3) is 4.31. The van der Waals surface area contributed by atoms with Gasteiger partial charge in [-0.15, -0.1) is 0 Å². The van der Waals surface area contributed by atoms with Gasteiger partial charge in [-0.25, -0.2) is 14.4 Å². The number of hydrogen-bond donors (Lipinski definition) is 3. The van der Waals surface area contributed by atoms with Crippen molar-refractivity contribution in [1.82, 2.24) is 30.1 Å². The minimum atomic E-state index is -0.282. The summed E-state index contributed by atoms with van der Waals surface area (Å²) in [4.78, 5) is 17.2. The summed E-state index contributed by atoms with van der Waals surface area (Å²) >= 11 is 0. The van der Waals surface area contributed by atoms with Gasteiger partial charge in [-0.3, -0.25) is 10.1 Å². The van der Waals surface area contributed by atoms with E-state index in [2.05, 4.69) is 75.5 Å². The van der Waals surface area contributed by atoms with Gasteiger partial charge >= 0.3 is 0 Å². The lowest BCUT2D eigenvalue weighted by Gasteiger charge is -2.13. The molecule has 0 fully saturated rings.